The zero-order chi connectivity index (χ0) is 14.4. The van der Waals surface area contributed by atoms with Crippen LogP contribution >= 0.6 is 0 Å². The highest BCUT2D eigenvalue weighted by atomic mass is 16.1. The van der Waals surface area contributed by atoms with E-state index < -0.39 is 0 Å². The molecule has 4 fully saturated rings. The maximum Gasteiger partial charge on any atom is 0.217 e. The standard InChI is InChI=1S/C19H25NO/c1-13(21)20-18(17-5-3-2-4-6-17)19-10-14-7-15(11-19)9-16(8-14)12-19/h2-6,14-16,18H,7-12H2,1H3,(H,20,21)/t14?,15?,16?,18-,19?/m1/s1. The minimum absolute atomic E-state index is 0.111. The van der Waals surface area contributed by atoms with Gasteiger partial charge in [-0.05, 0) is 67.3 Å². The van der Waals surface area contributed by atoms with E-state index in [0.717, 1.165) is 17.8 Å². The molecule has 0 unspecified atom stereocenters. The Kier molecular flexibility index (Phi) is 3.09. The highest BCUT2D eigenvalue weighted by molar-refractivity contribution is 5.73. The van der Waals surface area contributed by atoms with Crippen molar-refractivity contribution >= 4 is 5.91 Å². The monoisotopic (exact) mass is 283 g/mol. The van der Waals surface area contributed by atoms with Crippen molar-refractivity contribution in [1.82, 2.24) is 5.32 Å². The summed E-state index contributed by atoms with van der Waals surface area (Å²) in [5.41, 5.74) is 1.62. The molecule has 1 aromatic carbocycles. The van der Waals surface area contributed by atoms with Gasteiger partial charge in [0, 0.05) is 6.92 Å². The lowest BCUT2D eigenvalue weighted by Crippen LogP contribution is -2.52. The van der Waals surface area contributed by atoms with Crippen LogP contribution in [-0.4, -0.2) is 5.91 Å². The molecule has 2 heteroatoms. The Morgan fingerprint density at radius 2 is 1.57 bits per heavy atom. The van der Waals surface area contributed by atoms with Crippen molar-refractivity contribution in [2.45, 2.75) is 51.5 Å². The zero-order valence-electron chi connectivity index (χ0n) is 12.8. The lowest BCUT2D eigenvalue weighted by molar-refractivity contribution is -0.124. The Labute approximate surface area is 127 Å². The van der Waals surface area contributed by atoms with Crippen LogP contribution in [0.2, 0.25) is 0 Å². The van der Waals surface area contributed by atoms with Crippen molar-refractivity contribution in [3.63, 3.8) is 0 Å². The SMILES string of the molecule is CC(=O)N[C@H](c1ccccc1)C12CC3CC(CC(C3)C1)C2. The molecule has 0 spiro atoms. The van der Waals surface area contributed by atoms with E-state index in [-0.39, 0.29) is 11.9 Å². The second-order valence-corrected chi connectivity index (χ2v) is 7.82. The fraction of sp³-hybridized carbons (Fsp3) is 0.632. The average molecular weight is 283 g/mol. The molecule has 1 amide bonds. The van der Waals surface area contributed by atoms with Crippen LogP contribution < -0.4 is 5.32 Å². The van der Waals surface area contributed by atoms with Gasteiger partial charge in [-0.25, -0.2) is 0 Å². The molecule has 0 aliphatic heterocycles. The van der Waals surface area contributed by atoms with Gasteiger partial charge in [0.15, 0.2) is 0 Å². The van der Waals surface area contributed by atoms with E-state index in [2.05, 4.69) is 35.6 Å². The number of hydrogen-bond donors (Lipinski definition) is 1. The van der Waals surface area contributed by atoms with Gasteiger partial charge in [-0.1, -0.05) is 30.3 Å². The molecule has 21 heavy (non-hydrogen) atoms. The summed E-state index contributed by atoms with van der Waals surface area (Å²) < 4.78 is 0. The van der Waals surface area contributed by atoms with E-state index >= 15 is 0 Å². The molecule has 4 saturated carbocycles. The second-order valence-electron chi connectivity index (χ2n) is 7.82. The van der Waals surface area contributed by atoms with Crippen LogP contribution in [0, 0.1) is 23.2 Å². The predicted molar refractivity (Wildman–Crippen MR) is 83.6 cm³/mol. The number of hydrogen-bond acceptors (Lipinski definition) is 1. The quantitative estimate of drug-likeness (QED) is 0.889. The summed E-state index contributed by atoms with van der Waals surface area (Å²) in [6.07, 6.45) is 8.29. The average Bonchev–Trinajstić information content (AvgIpc) is 2.44. The first-order valence-electron chi connectivity index (χ1n) is 8.47. The molecule has 0 saturated heterocycles. The maximum atomic E-state index is 11.8. The molecule has 0 aromatic heterocycles. The van der Waals surface area contributed by atoms with E-state index in [1.807, 2.05) is 0 Å². The molecule has 0 radical (unpaired) electrons. The lowest BCUT2D eigenvalue weighted by Gasteiger charge is -2.59. The van der Waals surface area contributed by atoms with E-state index in [0.29, 0.717) is 5.41 Å². The molecule has 5 rings (SSSR count). The topological polar surface area (TPSA) is 29.1 Å². The third kappa shape index (κ3) is 2.29. The highest BCUT2D eigenvalue weighted by Crippen LogP contribution is 2.64. The minimum Gasteiger partial charge on any atom is -0.349 e. The summed E-state index contributed by atoms with van der Waals surface area (Å²) in [6.45, 7) is 1.66. The molecule has 0 heterocycles. The first-order chi connectivity index (χ1) is 10.1. The molecular formula is C19H25NO. The van der Waals surface area contributed by atoms with Gasteiger partial charge < -0.3 is 5.32 Å². The number of rotatable bonds is 3. The van der Waals surface area contributed by atoms with Crippen LogP contribution in [0.5, 0.6) is 0 Å². The Bertz CT molecular complexity index is 500. The van der Waals surface area contributed by atoms with Gasteiger partial charge in [-0.15, -0.1) is 0 Å². The summed E-state index contributed by atoms with van der Waals surface area (Å²) in [6, 6.07) is 10.9. The van der Waals surface area contributed by atoms with Crippen molar-refractivity contribution in [2.24, 2.45) is 23.2 Å². The van der Waals surface area contributed by atoms with E-state index in [9.17, 15) is 4.79 Å². The summed E-state index contributed by atoms with van der Waals surface area (Å²) in [5.74, 6) is 2.85. The van der Waals surface area contributed by atoms with Crippen LogP contribution in [0.25, 0.3) is 0 Å². The van der Waals surface area contributed by atoms with E-state index in [1.54, 1.807) is 6.92 Å². The molecule has 4 aliphatic carbocycles. The first-order valence-corrected chi connectivity index (χ1v) is 8.47. The van der Waals surface area contributed by atoms with Crippen LogP contribution in [0.3, 0.4) is 0 Å². The van der Waals surface area contributed by atoms with E-state index in [4.69, 9.17) is 0 Å². The molecule has 2 nitrogen and oxygen atoms in total. The number of amides is 1. The smallest absolute Gasteiger partial charge is 0.217 e. The number of benzene rings is 1. The Hall–Kier alpha value is -1.31. The molecule has 112 valence electrons. The van der Waals surface area contributed by atoms with Crippen LogP contribution in [0.15, 0.2) is 30.3 Å². The zero-order valence-corrected chi connectivity index (χ0v) is 12.8. The summed E-state index contributed by atoms with van der Waals surface area (Å²) in [5, 5.41) is 3.31. The van der Waals surface area contributed by atoms with Gasteiger partial charge in [0.2, 0.25) is 5.91 Å². The van der Waals surface area contributed by atoms with Gasteiger partial charge >= 0.3 is 0 Å². The Balaban J connectivity index is 1.71. The summed E-state index contributed by atoms with van der Waals surface area (Å²) in [4.78, 5) is 11.8. The van der Waals surface area contributed by atoms with Crippen LogP contribution in [0.1, 0.15) is 57.1 Å². The lowest BCUT2D eigenvalue weighted by atomic mass is 9.47. The summed E-state index contributed by atoms with van der Waals surface area (Å²) in [7, 11) is 0. The Morgan fingerprint density at radius 1 is 1.05 bits per heavy atom. The molecule has 4 aliphatic rings. The van der Waals surface area contributed by atoms with Gasteiger partial charge in [0.05, 0.1) is 6.04 Å². The normalized spacial score (nSPS) is 38.2. The van der Waals surface area contributed by atoms with Crippen molar-refractivity contribution in [2.75, 3.05) is 0 Å². The van der Waals surface area contributed by atoms with Gasteiger partial charge in [-0.3, -0.25) is 4.79 Å². The molecule has 1 atom stereocenters. The summed E-state index contributed by atoms with van der Waals surface area (Å²) >= 11 is 0. The number of carbonyl (C=O) groups excluding carboxylic acids is 1. The van der Waals surface area contributed by atoms with Crippen molar-refractivity contribution in [1.29, 1.82) is 0 Å². The van der Waals surface area contributed by atoms with Crippen molar-refractivity contribution in [3.05, 3.63) is 35.9 Å². The molecular weight excluding hydrogens is 258 g/mol. The largest absolute Gasteiger partial charge is 0.349 e. The maximum absolute atomic E-state index is 11.8. The molecule has 4 bridgehead atoms. The van der Waals surface area contributed by atoms with Crippen molar-refractivity contribution < 1.29 is 4.79 Å². The van der Waals surface area contributed by atoms with Crippen LogP contribution in [-0.2, 0) is 4.79 Å². The first kappa shape index (κ1) is 13.4. The third-order valence-corrected chi connectivity index (χ3v) is 6.18. The fourth-order valence-corrected chi connectivity index (χ4v) is 5.97. The highest BCUT2D eigenvalue weighted by Gasteiger charge is 2.54. The molecule has 1 N–H and O–H groups in total. The molecule has 1 aromatic rings. The van der Waals surface area contributed by atoms with Crippen molar-refractivity contribution in [3.8, 4) is 0 Å². The third-order valence-electron chi connectivity index (χ3n) is 6.18. The Morgan fingerprint density at radius 3 is 2.05 bits per heavy atom. The van der Waals surface area contributed by atoms with Crippen LogP contribution in [0.4, 0.5) is 0 Å². The second kappa shape index (κ2) is 4.86. The number of carbonyl (C=O) groups is 1. The number of nitrogens with one attached hydrogen (secondary N) is 1. The van der Waals surface area contributed by atoms with Gasteiger partial charge in [0.25, 0.3) is 0 Å². The minimum atomic E-state index is 0.111. The predicted octanol–water partition coefficient (Wildman–Crippen LogP) is 4.08. The fourth-order valence-electron chi connectivity index (χ4n) is 5.97. The van der Waals surface area contributed by atoms with Gasteiger partial charge in [0.1, 0.15) is 0 Å². The van der Waals surface area contributed by atoms with Gasteiger partial charge in [-0.2, -0.15) is 0 Å². The van der Waals surface area contributed by atoms with E-state index in [1.165, 1.54) is 44.1 Å².